The largest absolute Gasteiger partial charge is 0.308 e. The van der Waals surface area contributed by atoms with Gasteiger partial charge in [-0.2, -0.15) is 0 Å². The maximum Gasteiger partial charge on any atom is 0.0281 e. The summed E-state index contributed by atoms with van der Waals surface area (Å²) in [5, 5.41) is 3.60. The standard InChI is InChI=1S/C20H23N/c1-20(2,3)21-14-16-9-5-7-11-18(16)19-13-12-15-8-4-6-10-17(15)19/h4-13,19,21H,14H2,1-3H3. The molecule has 2 aromatic rings. The fourth-order valence-electron chi connectivity index (χ4n) is 2.88. The lowest BCUT2D eigenvalue weighted by Gasteiger charge is -2.23. The second kappa shape index (κ2) is 5.50. The monoisotopic (exact) mass is 277 g/mol. The summed E-state index contributed by atoms with van der Waals surface area (Å²) in [5.41, 5.74) is 5.70. The van der Waals surface area contributed by atoms with Crippen molar-refractivity contribution in [3.8, 4) is 0 Å². The van der Waals surface area contributed by atoms with E-state index < -0.39 is 0 Å². The molecule has 1 N–H and O–H groups in total. The topological polar surface area (TPSA) is 12.0 Å². The predicted molar refractivity (Wildman–Crippen MR) is 90.4 cm³/mol. The first-order valence-corrected chi connectivity index (χ1v) is 7.64. The molecule has 108 valence electrons. The van der Waals surface area contributed by atoms with Crippen molar-refractivity contribution in [2.45, 2.75) is 38.8 Å². The lowest BCUT2D eigenvalue weighted by atomic mass is 9.89. The summed E-state index contributed by atoms with van der Waals surface area (Å²) in [6, 6.07) is 17.5. The van der Waals surface area contributed by atoms with Crippen molar-refractivity contribution in [1.29, 1.82) is 0 Å². The summed E-state index contributed by atoms with van der Waals surface area (Å²) in [5.74, 6) is 0.388. The molecule has 0 bridgehead atoms. The number of hydrogen-bond donors (Lipinski definition) is 1. The van der Waals surface area contributed by atoms with Gasteiger partial charge in [-0.25, -0.2) is 0 Å². The third-order valence-electron chi connectivity index (χ3n) is 4.00. The molecular weight excluding hydrogens is 254 g/mol. The second-order valence-corrected chi connectivity index (χ2v) is 6.77. The van der Waals surface area contributed by atoms with Crippen LogP contribution < -0.4 is 5.32 Å². The molecule has 1 unspecified atom stereocenters. The number of fused-ring (bicyclic) bond motifs is 1. The molecule has 0 aromatic heterocycles. The van der Waals surface area contributed by atoms with E-state index in [9.17, 15) is 0 Å². The van der Waals surface area contributed by atoms with Gasteiger partial charge in [-0.15, -0.1) is 0 Å². The van der Waals surface area contributed by atoms with Crippen LogP contribution >= 0.6 is 0 Å². The van der Waals surface area contributed by atoms with Crippen LogP contribution in [0.15, 0.2) is 54.6 Å². The van der Waals surface area contributed by atoms with Gasteiger partial charge in [0.15, 0.2) is 0 Å². The molecule has 0 saturated carbocycles. The van der Waals surface area contributed by atoms with Crippen LogP contribution in [0, 0.1) is 0 Å². The van der Waals surface area contributed by atoms with Crippen molar-refractivity contribution in [3.63, 3.8) is 0 Å². The van der Waals surface area contributed by atoms with Crippen LogP contribution in [-0.2, 0) is 6.54 Å². The molecule has 0 fully saturated rings. The Labute approximate surface area is 127 Å². The zero-order valence-corrected chi connectivity index (χ0v) is 13.1. The first-order valence-electron chi connectivity index (χ1n) is 7.64. The van der Waals surface area contributed by atoms with Crippen molar-refractivity contribution < 1.29 is 0 Å². The highest BCUT2D eigenvalue weighted by Gasteiger charge is 2.21. The van der Waals surface area contributed by atoms with E-state index in [0.29, 0.717) is 5.92 Å². The van der Waals surface area contributed by atoms with Gasteiger partial charge in [-0.05, 0) is 43.0 Å². The van der Waals surface area contributed by atoms with Crippen LogP contribution in [0.2, 0.25) is 0 Å². The summed E-state index contributed by atoms with van der Waals surface area (Å²) in [7, 11) is 0. The zero-order valence-electron chi connectivity index (χ0n) is 13.1. The lowest BCUT2D eigenvalue weighted by molar-refractivity contribution is 0.423. The number of allylic oxidation sites excluding steroid dienone is 1. The van der Waals surface area contributed by atoms with Crippen LogP contribution in [0.4, 0.5) is 0 Å². The van der Waals surface area contributed by atoms with Gasteiger partial charge in [-0.3, -0.25) is 0 Å². The molecule has 1 atom stereocenters. The Morgan fingerprint density at radius 2 is 1.57 bits per heavy atom. The summed E-state index contributed by atoms with van der Waals surface area (Å²) in [6.07, 6.45) is 4.56. The molecule has 1 aliphatic rings. The fraction of sp³-hybridized carbons (Fsp3) is 0.300. The van der Waals surface area contributed by atoms with Crippen LogP contribution in [0.3, 0.4) is 0 Å². The number of rotatable bonds is 3. The Morgan fingerprint density at radius 3 is 2.33 bits per heavy atom. The molecule has 0 radical (unpaired) electrons. The first kappa shape index (κ1) is 14.1. The molecule has 1 nitrogen and oxygen atoms in total. The quantitative estimate of drug-likeness (QED) is 0.855. The molecule has 1 heteroatoms. The summed E-state index contributed by atoms with van der Waals surface area (Å²) >= 11 is 0. The van der Waals surface area contributed by atoms with E-state index in [-0.39, 0.29) is 5.54 Å². The number of nitrogens with one attached hydrogen (secondary N) is 1. The average Bonchev–Trinajstić information content (AvgIpc) is 2.88. The maximum atomic E-state index is 3.60. The van der Waals surface area contributed by atoms with Crippen molar-refractivity contribution >= 4 is 6.08 Å². The van der Waals surface area contributed by atoms with Gasteiger partial charge >= 0.3 is 0 Å². The summed E-state index contributed by atoms with van der Waals surface area (Å²) in [4.78, 5) is 0. The van der Waals surface area contributed by atoms with Gasteiger partial charge in [0.05, 0.1) is 0 Å². The average molecular weight is 277 g/mol. The SMILES string of the molecule is CC(C)(C)NCc1ccccc1C1C=Cc2ccccc21. The van der Waals surface area contributed by atoms with E-state index in [1.165, 1.54) is 22.3 Å². The number of benzene rings is 2. The highest BCUT2D eigenvalue weighted by Crippen LogP contribution is 2.36. The molecule has 0 spiro atoms. The van der Waals surface area contributed by atoms with Gasteiger partial charge in [-0.1, -0.05) is 60.7 Å². The van der Waals surface area contributed by atoms with Crippen molar-refractivity contribution in [2.75, 3.05) is 0 Å². The van der Waals surface area contributed by atoms with Gasteiger partial charge in [0.2, 0.25) is 0 Å². The Balaban J connectivity index is 1.92. The van der Waals surface area contributed by atoms with E-state index >= 15 is 0 Å². The van der Waals surface area contributed by atoms with Crippen LogP contribution in [0.25, 0.3) is 6.08 Å². The summed E-state index contributed by atoms with van der Waals surface area (Å²) < 4.78 is 0. The van der Waals surface area contributed by atoms with E-state index in [1.54, 1.807) is 0 Å². The Hall–Kier alpha value is -1.86. The van der Waals surface area contributed by atoms with Gasteiger partial charge in [0, 0.05) is 18.0 Å². The normalized spacial score (nSPS) is 17.0. The molecule has 0 heterocycles. The van der Waals surface area contributed by atoms with Crippen molar-refractivity contribution in [1.82, 2.24) is 5.32 Å². The predicted octanol–water partition coefficient (Wildman–Crippen LogP) is 4.73. The Morgan fingerprint density at radius 1 is 0.905 bits per heavy atom. The van der Waals surface area contributed by atoms with Crippen LogP contribution in [-0.4, -0.2) is 5.54 Å². The third-order valence-corrected chi connectivity index (χ3v) is 4.00. The van der Waals surface area contributed by atoms with Crippen molar-refractivity contribution in [2.24, 2.45) is 0 Å². The first-order chi connectivity index (χ1) is 10.0. The van der Waals surface area contributed by atoms with E-state index in [4.69, 9.17) is 0 Å². The zero-order chi connectivity index (χ0) is 14.9. The van der Waals surface area contributed by atoms with Gasteiger partial charge < -0.3 is 5.32 Å². The maximum absolute atomic E-state index is 3.60. The highest BCUT2D eigenvalue weighted by atomic mass is 14.9. The third kappa shape index (κ3) is 3.08. The molecular formula is C20H23N. The molecule has 3 rings (SSSR count). The van der Waals surface area contributed by atoms with Crippen LogP contribution in [0.1, 0.15) is 48.9 Å². The molecule has 1 aliphatic carbocycles. The van der Waals surface area contributed by atoms with E-state index in [0.717, 1.165) is 6.54 Å². The van der Waals surface area contributed by atoms with Gasteiger partial charge in [0.25, 0.3) is 0 Å². The smallest absolute Gasteiger partial charge is 0.0281 e. The number of hydrogen-bond acceptors (Lipinski definition) is 1. The van der Waals surface area contributed by atoms with Crippen LogP contribution in [0.5, 0.6) is 0 Å². The minimum atomic E-state index is 0.135. The molecule has 0 saturated heterocycles. The van der Waals surface area contributed by atoms with Gasteiger partial charge in [0.1, 0.15) is 0 Å². The van der Waals surface area contributed by atoms with Crippen molar-refractivity contribution in [3.05, 3.63) is 76.9 Å². The highest BCUT2D eigenvalue weighted by molar-refractivity contribution is 5.65. The molecule has 0 amide bonds. The minimum Gasteiger partial charge on any atom is -0.308 e. The Kier molecular flexibility index (Phi) is 3.69. The summed E-state index contributed by atoms with van der Waals surface area (Å²) in [6.45, 7) is 7.54. The molecule has 0 aliphatic heterocycles. The second-order valence-electron chi connectivity index (χ2n) is 6.77. The minimum absolute atomic E-state index is 0.135. The lowest BCUT2D eigenvalue weighted by Crippen LogP contribution is -2.35. The molecule has 21 heavy (non-hydrogen) atoms. The fourth-order valence-corrected chi connectivity index (χ4v) is 2.88. The Bertz CT molecular complexity index is 662. The van der Waals surface area contributed by atoms with E-state index in [1.807, 2.05) is 0 Å². The molecule has 2 aromatic carbocycles. The van der Waals surface area contributed by atoms with E-state index in [2.05, 4.69) is 86.8 Å².